The molecule has 1 aromatic heterocycles. The lowest BCUT2D eigenvalue weighted by Gasteiger charge is -2.38. The number of anilines is 1. The molecule has 1 fully saturated rings. The van der Waals surface area contributed by atoms with Gasteiger partial charge in [-0.15, -0.1) is 0 Å². The van der Waals surface area contributed by atoms with Gasteiger partial charge < -0.3 is 25.8 Å². The van der Waals surface area contributed by atoms with Crippen LogP contribution in [0.3, 0.4) is 0 Å². The maximum absolute atomic E-state index is 13.3. The van der Waals surface area contributed by atoms with Gasteiger partial charge in [0.05, 0.1) is 6.61 Å². The molecule has 4 atom stereocenters. The molecular weight excluding hydrogens is 342 g/mol. The average molecular weight is 361 g/mol. The number of benzene rings is 1. The zero-order valence-corrected chi connectivity index (χ0v) is 13.9. The van der Waals surface area contributed by atoms with Gasteiger partial charge in [0.25, 0.3) is 0 Å². The molecule has 0 saturated carbocycles. The van der Waals surface area contributed by atoms with E-state index in [0.717, 1.165) is 17.7 Å². The number of ether oxygens (including phenoxy) is 1. The number of aliphatic hydroxyl groups excluding tert-OH is 2. The van der Waals surface area contributed by atoms with E-state index in [0.29, 0.717) is 0 Å². The van der Waals surface area contributed by atoms with Crippen molar-refractivity contribution in [1.29, 1.82) is 0 Å². The minimum Gasteiger partial charge on any atom is -0.394 e. The molecule has 26 heavy (non-hydrogen) atoms. The van der Waals surface area contributed by atoms with Crippen molar-refractivity contribution in [3.8, 4) is 0 Å². The van der Waals surface area contributed by atoms with Gasteiger partial charge in [-0.3, -0.25) is 9.36 Å². The summed E-state index contributed by atoms with van der Waals surface area (Å²) in [4.78, 5) is 29.4. The maximum atomic E-state index is 13.3. The molecule has 138 valence electrons. The number of carbonyl (C=O) groups is 1. The van der Waals surface area contributed by atoms with Crippen LogP contribution in [0.15, 0.2) is 47.4 Å². The van der Waals surface area contributed by atoms with Gasteiger partial charge in [0.15, 0.2) is 0 Å². The summed E-state index contributed by atoms with van der Waals surface area (Å²) < 4.78 is 6.42. The first-order valence-corrected chi connectivity index (χ1v) is 7.90. The predicted octanol–water partition coefficient (Wildman–Crippen LogP) is -1.14. The second kappa shape index (κ2) is 6.29. The van der Waals surface area contributed by atoms with Gasteiger partial charge in [-0.1, -0.05) is 30.3 Å². The van der Waals surface area contributed by atoms with E-state index in [1.807, 2.05) is 0 Å². The van der Waals surface area contributed by atoms with Gasteiger partial charge in [0.1, 0.15) is 23.6 Å². The lowest BCUT2D eigenvalue weighted by molar-refractivity contribution is -0.157. The second-order valence-electron chi connectivity index (χ2n) is 6.28. The first-order chi connectivity index (χ1) is 12.3. The molecule has 2 heterocycles. The van der Waals surface area contributed by atoms with Crippen molar-refractivity contribution >= 4 is 11.6 Å². The van der Waals surface area contributed by atoms with Crippen LogP contribution in [-0.2, 0) is 10.5 Å². The normalized spacial score (nSPS) is 31.1. The van der Waals surface area contributed by atoms with Crippen molar-refractivity contribution in [1.82, 2.24) is 9.55 Å². The van der Waals surface area contributed by atoms with Crippen LogP contribution < -0.4 is 11.4 Å². The lowest BCUT2D eigenvalue weighted by atomic mass is 9.82. The number of aliphatic hydroxyl groups is 3. The van der Waals surface area contributed by atoms with Gasteiger partial charge in [0.2, 0.25) is 11.5 Å². The molecule has 0 radical (unpaired) electrons. The number of Topliss-reactive ketones (excluding diaryl/α,β-unsaturated/α-hetero) is 1. The summed E-state index contributed by atoms with van der Waals surface area (Å²) >= 11 is 0. The van der Waals surface area contributed by atoms with Crippen molar-refractivity contribution in [2.45, 2.75) is 30.5 Å². The predicted molar refractivity (Wildman–Crippen MR) is 90.2 cm³/mol. The molecule has 3 rings (SSSR count). The topological polar surface area (TPSA) is 148 Å². The van der Waals surface area contributed by atoms with Gasteiger partial charge in [0, 0.05) is 11.8 Å². The standard InChI is InChI=1S/C17H19N3O6/c1-16(25)14(23)11(9-21)26-17(16,13(22)10-5-3-2-4-6-10)20-8-7-12(18)19-15(20)24/h2-8,11,14,21,23,25H,9H2,1H3,(H2,18,19,24)/t11-,14-,16-,17-/m1/s1. The van der Waals surface area contributed by atoms with Crippen LogP contribution in [0, 0.1) is 0 Å². The monoisotopic (exact) mass is 361 g/mol. The fraction of sp³-hybridized carbons (Fsp3) is 0.353. The Labute approximate surface area is 148 Å². The van der Waals surface area contributed by atoms with Gasteiger partial charge in [-0.2, -0.15) is 4.98 Å². The van der Waals surface area contributed by atoms with E-state index in [1.165, 1.54) is 18.2 Å². The van der Waals surface area contributed by atoms with Gasteiger partial charge >= 0.3 is 5.69 Å². The highest BCUT2D eigenvalue weighted by Crippen LogP contribution is 2.45. The van der Waals surface area contributed by atoms with Crippen molar-refractivity contribution in [3.63, 3.8) is 0 Å². The van der Waals surface area contributed by atoms with E-state index in [4.69, 9.17) is 10.5 Å². The maximum Gasteiger partial charge on any atom is 0.352 e. The largest absolute Gasteiger partial charge is 0.394 e. The number of nitrogen functional groups attached to an aromatic ring is 1. The van der Waals surface area contributed by atoms with E-state index in [2.05, 4.69) is 4.98 Å². The number of hydrogen-bond acceptors (Lipinski definition) is 8. The van der Waals surface area contributed by atoms with Gasteiger partial charge in [-0.25, -0.2) is 4.79 Å². The third-order valence-corrected chi connectivity index (χ3v) is 4.62. The van der Waals surface area contributed by atoms with Crippen LogP contribution in [0.5, 0.6) is 0 Å². The lowest BCUT2D eigenvalue weighted by Crippen LogP contribution is -2.62. The summed E-state index contributed by atoms with van der Waals surface area (Å²) in [5.74, 6) is -0.850. The molecule has 0 unspecified atom stereocenters. The van der Waals surface area contributed by atoms with Crippen LogP contribution in [-0.4, -0.2) is 55.1 Å². The number of carbonyl (C=O) groups excluding carboxylic acids is 1. The van der Waals surface area contributed by atoms with E-state index in [9.17, 15) is 24.9 Å². The van der Waals surface area contributed by atoms with Crippen LogP contribution in [0.4, 0.5) is 5.82 Å². The number of ketones is 1. The highest BCUT2D eigenvalue weighted by Gasteiger charge is 2.68. The SMILES string of the molecule is C[C@@]1(O)[C@H](O)[C@@H](CO)O[C@@]1(C(=O)c1ccccc1)n1ccc(N)nc1=O. The first kappa shape index (κ1) is 18.2. The third kappa shape index (κ3) is 2.44. The highest BCUT2D eigenvalue weighted by atomic mass is 16.6. The van der Waals surface area contributed by atoms with Crippen LogP contribution in [0.25, 0.3) is 0 Å². The van der Waals surface area contributed by atoms with Crippen LogP contribution in [0.2, 0.25) is 0 Å². The van der Waals surface area contributed by atoms with Gasteiger partial charge in [-0.05, 0) is 13.0 Å². The van der Waals surface area contributed by atoms with Crippen molar-refractivity contribution < 1.29 is 24.9 Å². The fourth-order valence-electron chi connectivity index (χ4n) is 3.24. The number of rotatable bonds is 4. The molecule has 5 N–H and O–H groups in total. The molecule has 0 spiro atoms. The Hall–Kier alpha value is -2.59. The number of nitrogens with two attached hydrogens (primary N) is 1. The molecule has 2 aromatic rings. The fourth-order valence-corrected chi connectivity index (χ4v) is 3.24. The zero-order valence-electron chi connectivity index (χ0n) is 13.9. The molecule has 0 amide bonds. The summed E-state index contributed by atoms with van der Waals surface area (Å²) in [6.07, 6.45) is -1.77. The highest BCUT2D eigenvalue weighted by molar-refractivity contribution is 6.02. The molecule has 9 heteroatoms. The Morgan fingerprint density at radius 1 is 1.35 bits per heavy atom. The minimum atomic E-state index is -2.33. The summed E-state index contributed by atoms with van der Waals surface area (Å²) in [6.45, 7) is 0.495. The van der Waals surface area contributed by atoms with Crippen LogP contribution in [0.1, 0.15) is 17.3 Å². The minimum absolute atomic E-state index is 0.0783. The molecule has 1 aliphatic rings. The molecule has 9 nitrogen and oxygen atoms in total. The summed E-state index contributed by atoms with van der Waals surface area (Å²) in [5.41, 5.74) is 0.124. The van der Waals surface area contributed by atoms with Crippen molar-refractivity contribution in [3.05, 3.63) is 58.6 Å². The number of hydrogen-bond donors (Lipinski definition) is 4. The number of nitrogens with zero attached hydrogens (tertiary/aromatic N) is 2. The molecule has 1 saturated heterocycles. The Kier molecular flexibility index (Phi) is 4.41. The Morgan fingerprint density at radius 2 is 2.00 bits per heavy atom. The Balaban J connectivity index is 2.30. The third-order valence-electron chi connectivity index (χ3n) is 4.62. The molecular formula is C17H19N3O6. The Morgan fingerprint density at radius 3 is 2.54 bits per heavy atom. The smallest absolute Gasteiger partial charge is 0.352 e. The van der Waals surface area contributed by atoms with Crippen LogP contribution >= 0.6 is 0 Å². The second-order valence-corrected chi connectivity index (χ2v) is 6.28. The summed E-state index contributed by atoms with van der Waals surface area (Å²) in [7, 11) is 0. The number of aromatic nitrogens is 2. The van der Waals surface area contributed by atoms with E-state index >= 15 is 0 Å². The van der Waals surface area contributed by atoms with Crippen molar-refractivity contribution in [2.24, 2.45) is 0 Å². The molecule has 0 bridgehead atoms. The summed E-state index contributed by atoms with van der Waals surface area (Å²) in [6, 6.07) is 9.14. The van der Waals surface area contributed by atoms with E-state index < -0.39 is 41.6 Å². The average Bonchev–Trinajstić information content (AvgIpc) is 2.83. The van der Waals surface area contributed by atoms with E-state index in [-0.39, 0.29) is 11.4 Å². The Bertz CT molecular complexity index is 882. The first-order valence-electron chi connectivity index (χ1n) is 7.90. The zero-order chi connectivity index (χ0) is 19.1. The molecule has 0 aliphatic carbocycles. The van der Waals surface area contributed by atoms with E-state index in [1.54, 1.807) is 18.2 Å². The molecule has 1 aliphatic heterocycles. The summed E-state index contributed by atoms with van der Waals surface area (Å²) in [5, 5.41) is 30.9. The van der Waals surface area contributed by atoms with Crippen molar-refractivity contribution in [2.75, 3.05) is 12.3 Å². The quantitative estimate of drug-likeness (QED) is 0.500. The molecule has 1 aromatic carbocycles.